The number of carbonyl (C=O) groups is 3. The molecule has 0 N–H and O–H groups in total. The van der Waals surface area contributed by atoms with Crippen molar-refractivity contribution in [1.82, 2.24) is 0 Å². The molecular weight excluding hydrogens is 424 g/mol. The maximum absolute atomic E-state index is 11.7. The lowest BCUT2D eigenvalue weighted by atomic mass is 10.1. The van der Waals surface area contributed by atoms with E-state index in [1.807, 2.05) is 0 Å². The molecule has 1 rings (SSSR count). The second-order valence-electron chi connectivity index (χ2n) is 7.93. The van der Waals surface area contributed by atoms with Gasteiger partial charge >= 0.3 is 17.9 Å². The number of hydrogen-bond donors (Lipinski definition) is 0. The highest BCUT2D eigenvalue weighted by Crippen LogP contribution is 2.14. The Morgan fingerprint density at radius 3 is 1.91 bits per heavy atom. The summed E-state index contributed by atoms with van der Waals surface area (Å²) in [6.07, 6.45) is 8.90. The van der Waals surface area contributed by atoms with Crippen molar-refractivity contribution in [2.24, 2.45) is 0 Å². The summed E-state index contributed by atoms with van der Waals surface area (Å²) in [6.45, 7) is 6.62. The molecule has 0 aliphatic rings. The fraction of sp³-hybridized carbons (Fsp3) is 0.577. The molecule has 0 aliphatic carbocycles. The summed E-state index contributed by atoms with van der Waals surface area (Å²) in [5.41, 5.74) is 0.905. The van der Waals surface area contributed by atoms with Crippen LogP contribution in [-0.2, 0) is 23.8 Å². The van der Waals surface area contributed by atoms with Crippen LogP contribution in [0.1, 0.15) is 81.5 Å². The molecule has 7 nitrogen and oxygen atoms in total. The van der Waals surface area contributed by atoms with Gasteiger partial charge < -0.3 is 18.9 Å². The number of rotatable bonds is 18. The van der Waals surface area contributed by atoms with E-state index < -0.39 is 0 Å². The topological polar surface area (TPSA) is 88.1 Å². The first-order chi connectivity index (χ1) is 15.9. The molecule has 7 heteroatoms. The first-order valence-electron chi connectivity index (χ1n) is 11.7. The zero-order valence-electron chi connectivity index (χ0n) is 20.1. The van der Waals surface area contributed by atoms with Gasteiger partial charge in [-0.25, -0.2) is 9.59 Å². The maximum atomic E-state index is 11.7. The highest BCUT2D eigenvalue weighted by Gasteiger charge is 2.06. The second kappa shape index (κ2) is 17.7. The van der Waals surface area contributed by atoms with Gasteiger partial charge in [-0.1, -0.05) is 32.3 Å². The van der Waals surface area contributed by atoms with E-state index in [2.05, 4.69) is 11.3 Å². The molecule has 1 aromatic rings. The van der Waals surface area contributed by atoms with Crippen LogP contribution < -0.4 is 4.74 Å². The van der Waals surface area contributed by atoms with E-state index in [1.54, 1.807) is 31.2 Å². The molecule has 184 valence electrons. The van der Waals surface area contributed by atoms with Crippen LogP contribution in [0.5, 0.6) is 5.75 Å². The zero-order valence-corrected chi connectivity index (χ0v) is 20.1. The molecule has 0 atom stereocenters. The Balaban J connectivity index is 1.88. The van der Waals surface area contributed by atoms with E-state index in [1.165, 1.54) is 7.11 Å². The van der Waals surface area contributed by atoms with E-state index >= 15 is 0 Å². The second-order valence-corrected chi connectivity index (χ2v) is 7.93. The minimum atomic E-state index is -0.369. The third-order valence-electron chi connectivity index (χ3n) is 4.95. The Hall–Kier alpha value is -2.83. The average Bonchev–Trinajstić information content (AvgIpc) is 2.82. The van der Waals surface area contributed by atoms with Crippen molar-refractivity contribution in [3.05, 3.63) is 42.0 Å². The molecule has 0 amide bonds. The molecule has 0 heterocycles. The molecule has 0 bridgehead atoms. The predicted octanol–water partition coefficient (Wildman–Crippen LogP) is 5.42. The SMILES string of the molecule is C=C(C)C(=O)OCCCCCC(=O)OCCCCCCCCOc1ccc(C(=O)OC)cc1. The fourth-order valence-corrected chi connectivity index (χ4v) is 3.00. The van der Waals surface area contributed by atoms with Crippen molar-refractivity contribution in [3.63, 3.8) is 0 Å². The third kappa shape index (κ3) is 14.0. The highest BCUT2D eigenvalue weighted by molar-refractivity contribution is 5.89. The number of hydrogen-bond acceptors (Lipinski definition) is 7. The molecule has 0 spiro atoms. The first kappa shape index (κ1) is 28.2. The fourth-order valence-electron chi connectivity index (χ4n) is 3.00. The Labute approximate surface area is 197 Å². The molecule has 33 heavy (non-hydrogen) atoms. The lowest BCUT2D eigenvalue weighted by Crippen LogP contribution is -2.07. The molecule has 0 radical (unpaired) electrons. The van der Waals surface area contributed by atoms with Crippen LogP contribution >= 0.6 is 0 Å². The van der Waals surface area contributed by atoms with E-state index in [9.17, 15) is 14.4 Å². The lowest BCUT2D eigenvalue weighted by Gasteiger charge is -2.07. The van der Waals surface area contributed by atoms with E-state index in [0.29, 0.717) is 37.4 Å². The molecule has 1 aromatic carbocycles. The van der Waals surface area contributed by atoms with Crippen LogP contribution in [-0.4, -0.2) is 44.8 Å². The molecule has 0 aliphatic heterocycles. The molecular formula is C26H38O7. The number of carbonyl (C=O) groups excluding carboxylic acids is 3. The van der Waals surface area contributed by atoms with Crippen LogP contribution in [0.4, 0.5) is 0 Å². The van der Waals surface area contributed by atoms with Crippen LogP contribution in [0, 0.1) is 0 Å². The summed E-state index contributed by atoms with van der Waals surface area (Å²) in [4.78, 5) is 34.3. The predicted molar refractivity (Wildman–Crippen MR) is 126 cm³/mol. The van der Waals surface area contributed by atoms with Crippen LogP contribution in [0.25, 0.3) is 0 Å². The third-order valence-corrected chi connectivity index (χ3v) is 4.95. The Morgan fingerprint density at radius 2 is 1.30 bits per heavy atom. The van der Waals surface area contributed by atoms with Gasteiger partial charge in [-0.15, -0.1) is 0 Å². The van der Waals surface area contributed by atoms with Gasteiger partial charge in [0.2, 0.25) is 0 Å². The molecule has 0 saturated heterocycles. The minimum Gasteiger partial charge on any atom is -0.494 e. The summed E-state index contributed by atoms with van der Waals surface area (Å²) >= 11 is 0. The zero-order chi connectivity index (χ0) is 24.3. The van der Waals surface area contributed by atoms with E-state index in [-0.39, 0.29) is 17.9 Å². The number of esters is 3. The van der Waals surface area contributed by atoms with Crippen molar-refractivity contribution in [2.45, 2.75) is 71.1 Å². The molecule has 0 saturated carbocycles. The number of unbranched alkanes of at least 4 members (excludes halogenated alkanes) is 7. The molecule has 0 fully saturated rings. The summed E-state index contributed by atoms with van der Waals surface area (Å²) in [6, 6.07) is 6.93. The van der Waals surface area contributed by atoms with Crippen molar-refractivity contribution in [1.29, 1.82) is 0 Å². The summed E-state index contributed by atoms with van der Waals surface area (Å²) in [5.74, 6) is -0.139. The van der Waals surface area contributed by atoms with Gasteiger partial charge in [-0.2, -0.15) is 0 Å². The van der Waals surface area contributed by atoms with Gasteiger partial charge in [0.1, 0.15) is 5.75 Å². The Morgan fingerprint density at radius 1 is 0.758 bits per heavy atom. The van der Waals surface area contributed by atoms with Gasteiger partial charge in [-0.3, -0.25) is 4.79 Å². The quantitative estimate of drug-likeness (QED) is 0.125. The number of methoxy groups -OCH3 is 1. The highest BCUT2D eigenvalue weighted by atomic mass is 16.5. The summed E-state index contributed by atoms with van der Waals surface area (Å²) in [5, 5.41) is 0. The van der Waals surface area contributed by atoms with E-state index in [0.717, 1.165) is 63.5 Å². The largest absolute Gasteiger partial charge is 0.494 e. The van der Waals surface area contributed by atoms with Crippen molar-refractivity contribution in [2.75, 3.05) is 26.9 Å². The van der Waals surface area contributed by atoms with Crippen LogP contribution in [0.3, 0.4) is 0 Å². The standard InChI is InChI=1S/C26H38O7/c1-21(2)25(28)33-20-12-8-9-13-24(27)32-19-11-7-5-4-6-10-18-31-23-16-14-22(15-17-23)26(29)30-3/h14-17H,1,4-13,18-20H2,2-3H3. The lowest BCUT2D eigenvalue weighted by molar-refractivity contribution is -0.144. The van der Waals surface area contributed by atoms with Gasteiger partial charge in [-0.05, 0) is 63.3 Å². The first-order valence-corrected chi connectivity index (χ1v) is 11.7. The summed E-state index contributed by atoms with van der Waals surface area (Å²) in [7, 11) is 1.36. The number of benzene rings is 1. The Bertz CT molecular complexity index is 725. The van der Waals surface area contributed by atoms with Crippen molar-refractivity contribution in [3.8, 4) is 5.75 Å². The van der Waals surface area contributed by atoms with E-state index in [4.69, 9.17) is 14.2 Å². The van der Waals surface area contributed by atoms with Gasteiger partial charge in [0, 0.05) is 12.0 Å². The minimum absolute atomic E-state index is 0.161. The van der Waals surface area contributed by atoms with Gasteiger partial charge in [0.25, 0.3) is 0 Å². The normalized spacial score (nSPS) is 10.4. The van der Waals surface area contributed by atoms with Gasteiger partial charge in [0.15, 0.2) is 0 Å². The van der Waals surface area contributed by atoms with Crippen LogP contribution in [0.2, 0.25) is 0 Å². The van der Waals surface area contributed by atoms with Crippen molar-refractivity contribution < 1.29 is 33.3 Å². The molecule has 0 unspecified atom stereocenters. The smallest absolute Gasteiger partial charge is 0.337 e. The molecule has 0 aromatic heterocycles. The summed E-state index contributed by atoms with van der Waals surface area (Å²) < 4.78 is 20.6. The maximum Gasteiger partial charge on any atom is 0.337 e. The average molecular weight is 463 g/mol. The van der Waals surface area contributed by atoms with Crippen molar-refractivity contribution >= 4 is 17.9 Å². The monoisotopic (exact) mass is 462 g/mol. The van der Waals surface area contributed by atoms with Crippen LogP contribution in [0.15, 0.2) is 36.4 Å². The number of ether oxygens (including phenoxy) is 4. The Kier molecular flexibility index (Phi) is 15.1. The van der Waals surface area contributed by atoms with Gasteiger partial charge in [0.05, 0.1) is 32.5 Å².